The highest BCUT2D eigenvalue weighted by Crippen LogP contribution is 2.46. The Morgan fingerprint density at radius 2 is 1.40 bits per heavy atom. The van der Waals surface area contributed by atoms with Crippen molar-refractivity contribution in [3.63, 3.8) is 0 Å². The summed E-state index contributed by atoms with van der Waals surface area (Å²) in [6.45, 7) is 2.71. The lowest BCUT2D eigenvalue weighted by Gasteiger charge is -2.11. The summed E-state index contributed by atoms with van der Waals surface area (Å²) in [6, 6.07) is 17.7. The second kappa shape index (κ2) is 10.9. The fourth-order valence-corrected chi connectivity index (χ4v) is 3.41. The second-order valence-corrected chi connectivity index (χ2v) is 8.10. The van der Waals surface area contributed by atoms with Crippen LogP contribution >= 0.6 is 0 Å². The molecule has 1 N–H and O–H groups in total. The van der Waals surface area contributed by atoms with Gasteiger partial charge in [-0.1, -0.05) is 61.5 Å². The molecule has 3 rings (SSSR count). The van der Waals surface area contributed by atoms with Gasteiger partial charge in [0, 0.05) is 12.8 Å². The van der Waals surface area contributed by atoms with Gasteiger partial charge in [-0.05, 0) is 47.8 Å². The smallest absolute Gasteiger partial charge is 0.306 e. The van der Waals surface area contributed by atoms with Crippen molar-refractivity contribution in [2.24, 2.45) is 5.92 Å². The first-order chi connectivity index (χ1) is 14.5. The zero-order chi connectivity index (χ0) is 21.3. The van der Waals surface area contributed by atoms with Gasteiger partial charge in [-0.25, -0.2) is 0 Å². The van der Waals surface area contributed by atoms with Gasteiger partial charge >= 0.3 is 11.9 Å². The molecule has 5 nitrogen and oxygen atoms in total. The summed E-state index contributed by atoms with van der Waals surface area (Å²) in [5, 5.41) is 10.0. The predicted octanol–water partition coefficient (Wildman–Crippen LogP) is 4.52. The van der Waals surface area contributed by atoms with Gasteiger partial charge in [-0.2, -0.15) is 0 Å². The number of aliphatic hydroxyl groups excluding tert-OH is 1. The Balaban J connectivity index is 1.26. The van der Waals surface area contributed by atoms with Crippen molar-refractivity contribution in [3.05, 3.63) is 71.3 Å². The van der Waals surface area contributed by atoms with Gasteiger partial charge in [0.15, 0.2) is 0 Å². The molecule has 30 heavy (non-hydrogen) atoms. The van der Waals surface area contributed by atoms with Crippen LogP contribution < -0.4 is 0 Å². The van der Waals surface area contributed by atoms with Crippen LogP contribution in [0, 0.1) is 5.92 Å². The Labute approximate surface area is 178 Å². The third-order valence-electron chi connectivity index (χ3n) is 5.52. The van der Waals surface area contributed by atoms with Crippen LogP contribution in [0.15, 0.2) is 54.6 Å². The minimum Gasteiger partial charge on any atom is -0.461 e. The van der Waals surface area contributed by atoms with Crippen LogP contribution in [0.5, 0.6) is 0 Å². The minimum atomic E-state index is -0.735. The predicted molar refractivity (Wildman–Crippen MR) is 113 cm³/mol. The summed E-state index contributed by atoms with van der Waals surface area (Å²) in [5.74, 6) is 0.745. The molecule has 1 aliphatic carbocycles. The Morgan fingerprint density at radius 3 is 1.90 bits per heavy atom. The van der Waals surface area contributed by atoms with Crippen LogP contribution in [0.3, 0.4) is 0 Å². The number of rotatable bonds is 11. The van der Waals surface area contributed by atoms with Crippen molar-refractivity contribution in [3.8, 4) is 0 Å². The van der Waals surface area contributed by atoms with Gasteiger partial charge in [-0.15, -0.1) is 0 Å². The molecule has 1 aliphatic rings. The minimum absolute atomic E-state index is 0.120. The van der Waals surface area contributed by atoms with Crippen LogP contribution in [0.25, 0.3) is 0 Å². The van der Waals surface area contributed by atoms with E-state index in [1.165, 1.54) is 12.0 Å². The zero-order valence-electron chi connectivity index (χ0n) is 17.5. The van der Waals surface area contributed by atoms with E-state index in [1.807, 2.05) is 42.5 Å². The quantitative estimate of drug-likeness (QED) is 0.552. The number of benzene rings is 2. The second-order valence-electron chi connectivity index (χ2n) is 8.10. The largest absolute Gasteiger partial charge is 0.461 e. The highest BCUT2D eigenvalue weighted by molar-refractivity contribution is 5.70. The molecule has 2 unspecified atom stereocenters. The van der Waals surface area contributed by atoms with Crippen molar-refractivity contribution in [2.75, 3.05) is 0 Å². The molecule has 0 amide bonds. The van der Waals surface area contributed by atoms with E-state index in [-0.39, 0.29) is 50.8 Å². The molecule has 0 aromatic heterocycles. The molecule has 2 aromatic carbocycles. The lowest BCUT2D eigenvalue weighted by atomic mass is 10.1. The molecule has 0 spiro atoms. The Hall–Kier alpha value is -2.66. The van der Waals surface area contributed by atoms with Crippen molar-refractivity contribution < 1.29 is 24.2 Å². The summed E-state index contributed by atoms with van der Waals surface area (Å²) in [6.07, 6.45) is 1.29. The average molecular weight is 411 g/mol. The molecule has 1 fully saturated rings. The molecule has 3 atom stereocenters. The molecule has 160 valence electrons. The topological polar surface area (TPSA) is 72.8 Å². The number of hydrogen-bond donors (Lipinski definition) is 1. The Kier molecular flexibility index (Phi) is 8.03. The maximum atomic E-state index is 11.9. The fourth-order valence-electron chi connectivity index (χ4n) is 3.41. The molecule has 0 saturated heterocycles. The summed E-state index contributed by atoms with van der Waals surface area (Å²) in [5.41, 5.74) is 3.23. The summed E-state index contributed by atoms with van der Waals surface area (Å²) >= 11 is 0. The molecule has 0 heterocycles. The van der Waals surface area contributed by atoms with Gasteiger partial charge in [0.05, 0.1) is 6.10 Å². The van der Waals surface area contributed by atoms with E-state index < -0.39 is 6.10 Å². The molecule has 0 bridgehead atoms. The maximum Gasteiger partial charge on any atom is 0.306 e. The molecule has 5 heteroatoms. The zero-order valence-corrected chi connectivity index (χ0v) is 17.5. The highest BCUT2D eigenvalue weighted by Gasteiger charge is 2.33. The van der Waals surface area contributed by atoms with Gasteiger partial charge in [-0.3, -0.25) is 9.59 Å². The van der Waals surface area contributed by atoms with E-state index in [2.05, 4.69) is 19.1 Å². The average Bonchev–Trinajstić information content (AvgIpc) is 3.51. The molecule has 0 aliphatic heterocycles. The molecule has 0 radical (unpaired) electrons. The van der Waals surface area contributed by atoms with E-state index in [9.17, 15) is 14.7 Å². The van der Waals surface area contributed by atoms with Crippen LogP contribution in [-0.2, 0) is 32.3 Å². The standard InChI is InChI=1S/C25H30O5/c1-18-15-23(18)21-9-7-20(8-10-21)17-30-25(28)14-12-22(26)11-13-24(27)29-16-19-5-3-2-4-6-19/h2-10,18,22-23,26H,11-17H2,1H3/t18?,22?,23-/m0/s1. The van der Waals surface area contributed by atoms with Gasteiger partial charge in [0.2, 0.25) is 0 Å². The first-order valence-electron chi connectivity index (χ1n) is 10.6. The molecular weight excluding hydrogens is 380 g/mol. The van der Waals surface area contributed by atoms with Crippen molar-refractivity contribution in [1.29, 1.82) is 0 Å². The molecular formula is C25H30O5. The van der Waals surface area contributed by atoms with Gasteiger partial charge in [0.25, 0.3) is 0 Å². The summed E-state index contributed by atoms with van der Waals surface area (Å²) < 4.78 is 10.5. The third kappa shape index (κ3) is 7.30. The monoisotopic (exact) mass is 410 g/mol. The number of carbonyl (C=O) groups excluding carboxylic acids is 2. The number of aliphatic hydroxyl groups is 1. The van der Waals surface area contributed by atoms with Crippen molar-refractivity contribution in [2.45, 2.75) is 64.3 Å². The first-order valence-corrected chi connectivity index (χ1v) is 10.6. The van der Waals surface area contributed by atoms with Gasteiger partial charge in [0.1, 0.15) is 13.2 Å². The van der Waals surface area contributed by atoms with E-state index in [0.29, 0.717) is 5.92 Å². The third-order valence-corrected chi connectivity index (χ3v) is 5.52. The van der Waals surface area contributed by atoms with Crippen molar-refractivity contribution >= 4 is 11.9 Å². The van der Waals surface area contributed by atoms with Gasteiger partial charge < -0.3 is 14.6 Å². The number of hydrogen-bond acceptors (Lipinski definition) is 5. The number of esters is 2. The summed E-state index contributed by atoms with van der Waals surface area (Å²) in [7, 11) is 0. The van der Waals surface area contributed by atoms with E-state index >= 15 is 0 Å². The van der Waals surface area contributed by atoms with Crippen LogP contribution in [-0.4, -0.2) is 23.1 Å². The molecule has 1 saturated carbocycles. The fraction of sp³-hybridized carbons (Fsp3) is 0.440. The van der Waals surface area contributed by atoms with E-state index in [0.717, 1.165) is 17.0 Å². The normalized spacial score (nSPS) is 18.5. The summed E-state index contributed by atoms with van der Waals surface area (Å²) in [4.78, 5) is 23.7. The highest BCUT2D eigenvalue weighted by atomic mass is 16.5. The lowest BCUT2D eigenvalue weighted by Crippen LogP contribution is -2.14. The van der Waals surface area contributed by atoms with Crippen LogP contribution in [0.2, 0.25) is 0 Å². The number of carbonyl (C=O) groups is 2. The van der Waals surface area contributed by atoms with E-state index in [4.69, 9.17) is 9.47 Å². The van der Waals surface area contributed by atoms with Crippen molar-refractivity contribution in [1.82, 2.24) is 0 Å². The molecule has 2 aromatic rings. The number of ether oxygens (including phenoxy) is 2. The maximum absolute atomic E-state index is 11.9. The van der Waals surface area contributed by atoms with Crippen LogP contribution in [0.1, 0.15) is 61.6 Å². The Bertz CT molecular complexity index is 815. The van der Waals surface area contributed by atoms with Crippen LogP contribution in [0.4, 0.5) is 0 Å². The first kappa shape index (κ1) is 22.0. The SMILES string of the molecule is CC1C[C@@H]1c1ccc(COC(=O)CCC(O)CCC(=O)OCc2ccccc2)cc1. The Morgan fingerprint density at radius 1 is 0.900 bits per heavy atom. The van der Waals surface area contributed by atoms with E-state index in [1.54, 1.807) is 0 Å². The lowest BCUT2D eigenvalue weighted by molar-refractivity contribution is -0.145.